The molecule has 0 spiro atoms. The zero-order valence-corrected chi connectivity index (χ0v) is 17.5. The van der Waals surface area contributed by atoms with Crippen molar-refractivity contribution in [3.05, 3.63) is 65.2 Å². The van der Waals surface area contributed by atoms with E-state index < -0.39 is 12.0 Å². The van der Waals surface area contributed by atoms with Crippen molar-refractivity contribution >= 4 is 23.3 Å². The largest absolute Gasteiger partial charge is 0.465 e. The van der Waals surface area contributed by atoms with Crippen LogP contribution in [0.3, 0.4) is 0 Å². The van der Waals surface area contributed by atoms with Crippen molar-refractivity contribution < 1.29 is 14.3 Å². The normalized spacial score (nSPS) is 16.7. The van der Waals surface area contributed by atoms with Crippen LogP contribution in [-0.2, 0) is 14.3 Å². The molecule has 0 fully saturated rings. The number of benzene rings is 2. The fourth-order valence-electron chi connectivity index (χ4n) is 3.49. The van der Waals surface area contributed by atoms with Crippen molar-refractivity contribution in [1.29, 1.82) is 5.26 Å². The van der Waals surface area contributed by atoms with Crippen LogP contribution in [0.2, 0.25) is 0 Å². The van der Waals surface area contributed by atoms with Gasteiger partial charge in [-0.3, -0.25) is 19.5 Å². The minimum Gasteiger partial charge on any atom is -0.465 e. The molecule has 1 heterocycles. The molecular weight excluding hydrogens is 378 g/mol. The van der Waals surface area contributed by atoms with Gasteiger partial charge in [-0.1, -0.05) is 50.6 Å². The maximum Gasteiger partial charge on any atom is 0.326 e. The second-order valence-corrected chi connectivity index (χ2v) is 7.25. The first-order valence-electron chi connectivity index (χ1n) is 10.1. The highest BCUT2D eigenvalue weighted by Crippen LogP contribution is 2.31. The Morgan fingerprint density at radius 3 is 2.60 bits per heavy atom. The van der Waals surface area contributed by atoms with Gasteiger partial charge in [0.2, 0.25) is 0 Å². The van der Waals surface area contributed by atoms with E-state index in [-0.39, 0.29) is 25.0 Å². The number of rotatable bonds is 6. The monoisotopic (exact) mass is 403 g/mol. The average Bonchev–Trinajstić information content (AvgIpc) is 2.88. The number of hydrogen-bond acceptors (Lipinski definition) is 5. The van der Waals surface area contributed by atoms with Gasteiger partial charge in [0.25, 0.3) is 5.91 Å². The van der Waals surface area contributed by atoms with E-state index in [9.17, 15) is 14.9 Å². The molecule has 3 rings (SSSR count). The summed E-state index contributed by atoms with van der Waals surface area (Å²) in [6, 6.07) is 16.2. The Hall–Kier alpha value is -3.46. The van der Waals surface area contributed by atoms with Gasteiger partial charge in [-0.25, -0.2) is 0 Å². The molecule has 0 N–H and O–H groups in total. The lowest BCUT2D eigenvalue weighted by molar-refractivity contribution is -0.142. The van der Waals surface area contributed by atoms with Gasteiger partial charge in [0, 0.05) is 11.1 Å². The number of carbonyl (C=O) groups is 2. The average molecular weight is 403 g/mol. The third-order valence-corrected chi connectivity index (χ3v) is 5.28. The molecular formula is C24H25N3O3. The Kier molecular flexibility index (Phi) is 6.63. The summed E-state index contributed by atoms with van der Waals surface area (Å²) >= 11 is 0. The summed E-state index contributed by atoms with van der Waals surface area (Å²) in [5, 5.41) is 9.43. The van der Waals surface area contributed by atoms with Crippen molar-refractivity contribution in [1.82, 2.24) is 0 Å². The van der Waals surface area contributed by atoms with E-state index >= 15 is 0 Å². The fourth-order valence-corrected chi connectivity index (χ4v) is 3.49. The summed E-state index contributed by atoms with van der Waals surface area (Å²) in [6.07, 6.45) is 0.759. The summed E-state index contributed by atoms with van der Waals surface area (Å²) in [7, 11) is 0. The predicted molar refractivity (Wildman–Crippen MR) is 115 cm³/mol. The van der Waals surface area contributed by atoms with E-state index in [1.54, 1.807) is 25.1 Å². The van der Waals surface area contributed by atoms with Crippen LogP contribution in [0.25, 0.3) is 0 Å². The Balaban J connectivity index is 2.24. The quantitative estimate of drug-likeness (QED) is 0.688. The zero-order valence-electron chi connectivity index (χ0n) is 17.5. The van der Waals surface area contributed by atoms with E-state index in [1.165, 1.54) is 4.90 Å². The second-order valence-electron chi connectivity index (χ2n) is 7.25. The SMILES string of the molecule is CCOC(=O)CN1C(=O)[C@H]([C@@H](C)CC)N=C(c2ccccc2)c2cc(C#N)ccc21. The molecule has 6 heteroatoms. The lowest BCUT2D eigenvalue weighted by Gasteiger charge is -2.26. The molecule has 0 aliphatic carbocycles. The number of anilines is 1. The van der Waals surface area contributed by atoms with Crippen molar-refractivity contribution in [2.45, 2.75) is 33.2 Å². The Morgan fingerprint density at radius 1 is 1.23 bits per heavy atom. The van der Waals surface area contributed by atoms with Crippen LogP contribution in [0, 0.1) is 17.2 Å². The molecule has 0 saturated carbocycles. The molecule has 2 aromatic carbocycles. The van der Waals surface area contributed by atoms with Crippen LogP contribution in [0.4, 0.5) is 5.69 Å². The Morgan fingerprint density at radius 2 is 1.97 bits per heavy atom. The first-order valence-corrected chi connectivity index (χ1v) is 10.1. The van der Waals surface area contributed by atoms with Crippen LogP contribution >= 0.6 is 0 Å². The van der Waals surface area contributed by atoms with Crippen LogP contribution < -0.4 is 4.90 Å². The van der Waals surface area contributed by atoms with E-state index in [2.05, 4.69) is 6.07 Å². The van der Waals surface area contributed by atoms with Gasteiger partial charge in [0.05, 0.1) is 29.6 Å². The zero-order chi connectivity index (χ0) is 21.7. The first kappa shape index (κ1) is 21.3. The number of nitrogens with zero attached hydrogens (tertiary/aromatic N) is 3. The summed E-state index contributed by atoms with van der Waals surface area (Å²) in [5.41, 5.74) is 3.17. The first-order chi connectivity index (χ1) is 14.5. The van der Waals surface area contributed by atoms with Gasteiger partial charge < -0.3 is 4.74 Å². The standard InChI is InChI=1S/C24H25N3O3/c1-4-16(3)22-24(29)27(15-21(28)30-5-2)20-12-11-17(14-25)13-19(20)23(26-22)18-9-7-6-8-10-18/h6-13,16,22H,4-5,15H2,1-3H3/t16-,22-/m0/s1. The Labute approximate surface area is 176 Å². The highest BCUT2D eigenvalue weighted by atomic mass is 16.5. The fraction of sp³-hybridized carbons (Fsp3) is 0.333. The molecule has 1 aliphatic rings. The van der Waals surface area contributed by atoms with Crippen LogP contribution in [0.1, 0.15) is 43.9 Å². The lowest BCUT2D eigenvalue weighted by atomic mass is 9.97. The molecule has 1 aliphatic heterocycles. The van der Waals surface area contributed by atoms with Crippen molar-refractivity contribution in [3.8, 4) is 6.07 Å². The highest BCUT2D eigenvalue weighted by Gasteiger charge is 2.35. The third-order valence-electron chi connectivity index (χ3n) is 5.28. The van der Waals surface area contributed by atoms with Crippen LogP contribution in [0.15, 0.2) is 53.5 Å². The minimum atomic E-state index is -0.641. The maximum absolute atomic E-state index is 13.5. The predicted octanol–water partition coefficient (Wildman–Crippen LogP) is 3.72. The smallest absolute Gasteiger partial charge is 0.326 e. The van der Waals surface area contributed by atoms with Gasteiger partial charge in [0.1, 0.15) is 12.6 Å². The molecule has 0 saturated heterocycles. The number of ether oxygens (including phenoxy) is 1. The van der Waals surface area contributed by atoms with E-state index in [4.69, 9.17) is 9.73 Å². The number of aliphatic imine (C=N–C) groups is 1. The topological polar surface area (TPSA) is 82.8 Å². The number of esters is 1. The summed E-state index contributed by atoms with van der Waals surface area (Å²) in [6.45, 7) is 5.76. The van der Waals surface area contributed by atoms with Crippen molar-refractivity contribution in [2.24, 2.45) is 10.9 Å². The molecule has 2 aromatic rings. The highest BCUT2D eigenvalue weighted by molar-refractivity contribution is 6.20. The summed E-state index contributed by atoms with van der Waals surface area (Å²) in [5.74, 6) is -0.743. The molecule has 2 atom stereocenters. The van der Waals surface area contributed by atoms with Gasteiger partial charge in [0.15, 0.2) is 0 Å². The van der Waals surface area contributed by atoms with Crippen molar-refractivity contribution in [2.75, 3.05) is 18.1 Å². The molecule has 1 amide bonds. The Bertz CT molecular complexity index is 1010. The summed E-state index contributed by atoms with van der Waals surface area (Å²) < 4.78 is 5.10. The number of carbonyl (C=O) groups excluding carboxylic acids is 2. The van der Waals surface area contributed by atoms with Crippen LogP contribution in [-0.4, -0.2) is 36.8 Å². The number of nitriles is 1. The van der Waals surface area contributed by atoms with Gasteiger partial charge >= 0.3 is 5.97 Å². The van der Waals surface area contributed by atoms with Crippen molar-refractivity contribution in [3.63, 3.8) is 0 Å². The lowest BCUT2D eigenvalue weighted by Crippen LogP contribution is -2.43. The van der Waals surface area contributed by atoms with E-state index in [0.717, 1.165) is 12.0 Å². The second kappa shape index (κ2) is 9.36. The van der Waals surface area contributed by atoms with E-state index in [1.807, 2.05) is 44.2 Å². The molecule has 30 heavy (non-hydrogen) atoms. The maximum atomic E-state index is 13.5. The molecule has 154 valence electrons. The number of hydrogen-bond donors (Lipinski definition) is 0. The van der Waals surface area contributed by atoms with E-state index in [0.29, 0.717) is 22.5 Å². The minimum absolute atomic E-state index is 0.0225. The summed E-state index contributed by atoms with van der Waals surface area (Å²) in [4.78, 5) is 32.2. The third kappa shape index (κ3) is 4.25. The number of amides is 1. The molecule has 6 nitrogen and oxygen atoms in total. The van der Waals surface area contributed by atoms with Gasteiger partial charge in [-0.05, 0) is 31.0 Å². The molecule has 0 aromatic heterocycles. The molecule has 0 bridgehead atoms. The van der Waals surface area contributed by atoms with Crippen LogP contribution in [0.5, 0.6) is 0 Å². The van der Waals surface area contributed by atoms with Gasteiger partial charge in [-0.2, -0.15) is 5.26 Å². The number of fused-ring (bicyclic) bond motifs is 1. The van der Waals surface area contributed by atoms with Gasteiger partial charge in [-0.15, -0.1) is 0 Å². The number of benzodiazepines with no additional fused rings is 1. The molecule has 0 radical (unpaired) electrons. The molecule has 0 unspecified atom stereocenters.